The fourth-order valence-electron chi connectivity index (χ4n) is 3.21. The molecule has 1 rings (SSSR count). The Morgan fingerprint density at radius 2 is 1.26 bits per heavy atom. The molecule has 0 amide bonds. The molecule has 0 unspecified atom stereocenters. The van der Waals surface area contributed by atoms with E-state index in [1.807, 2.05) is 12.1 Å². The van der Waals surface area contributed by atoms with Crippen LogP contribution in [0.2, 0.25) is 0 Å². The van der Waals surface area contributed by atoms with E-state index in [2.05, 4.69) is 12.2 Å². The number of carbonyl (C=O) groups excluding carboxylic acids is 1. The van der Waals surface area contributed by atoms with Crippen molar-refractivity contribution in [1.82, 2.24) is 0 Å². The minimum absolute atomic E-state index is 0.352. The number of carbonyl (C=O) groups is 2. The standard InChI is InChI=1S/C23H37NO3/c1-2-3-4-5-6-7-8-9-10-11-12-13-18-24-21-16-14-20(15-17-21)22(25)19-23(26)27/h14-17,24H,2-13,18-19H2,1H3,(H,26,27). The van der Waals surface area contributed by atoms with Crippen LogP contribution in [0.15, 0.2) is 24.3 Å². The van der Waals surface area contributed by atoms with Gasteiger partial charge in [-0.05, 0) is 30.7 Å². The smallest absolute Gasteiger partial charge is 0.311 e. The SMILES string of the molecule is CCCCCCCCCCCCCCNc1ccc(C(=O)CC(=O)O)cc1. The predicted molar refractivity (Wildman–Crippen MR) is 113 cm³/mol. The van der Waals surface area contributed by atoms with E-state index in [0.29, 0.717) is 5.56 Å². The lowest BCUT2D eigenvalue weighted by Gasteiger charge is -2.07. The van der Waals surface area contributed by atoms with Crippen LogP contribution in [0.4, 0.5) is 5.69 Å². The van der Waals surface area contributed by atoms with E-state index in [4.69, 9.17) is 5.11 Å². The molecule has 0 aliphatic rings. The predicted octanol–water partition coefficient (Wildman–Crippen LogP) is 6.46. The number of ketones is 1. The van der Waals surface area contributed by atoms with E-state index in [9.17, 15) is 9.59 Å². The van der Waals surface area contributed by atoms with E-state index in [1.165, 1.54) is 70.6 Å². The summed E-state index contributed by atoms with van der Waals surface area (Å²) in [7, 11) is 0. The summed E-state index contributed by atoms with van der Waals surface area (Å²) < 4.78 is 0. The van der Waals surface area contributed by atoms with E-state index < -0.39 is 12.4 Å². The molecule has 152 valence electrons. The molecular weight excluding hydrogens is 338 g/mol. The first-order valence-electron chi connectivity index (χ1n) is 10.7. The average molecular weight is 376 g/mol. The van der Waals surface area contributed by atoms with Crippen molar-refractivity contribution in [3.05, 3.63) is 29.8 Å². The van der Waals surface area contributed by atoms with Crippen LogP contribution in [0.3, 0.4) is 0 Å². The van der Waals surface area contributed by atoms with Crippen LogP contribution in [-0.2, 0) is 4.79 Å². The summed E-state index contributed by atoms with van der Waals surface area (Å²) in [6, 6.07) is 7.07. The van der Waals surface area contributed by atoms with Crippen molar-refractivity contribution in [2.45, 2.75) is 90.4 Å². The maximum absolute atomic E-state index is 11.7. The maximum Gasteiger partial charge on any atom is 0.311 e. The van der Waals surface area contributed by atoms with E-state index in [-0.39, 0.29) is 5.78 Å². The van der Waals surface area contributed by atoms with Gasteiger partial charge in [0, 0.05) is 17.8 Å². The summed E-state index contributed by atoms with van der Waals surface area (Å²) >= 11 is 0. The van der Waals surface area contributed by atoms with E-state index in [0.717, 1.165) is 18.7 Å². The zero-order valence-electron chi connectivity index (χ0n) is 17.0. The molecule has 0 radical (unpaired) electrons. The third-order valence-corrected chi connectivity index (χ3v) is 4.88. The first-order valence-corrected chi connectivity index (χ1v) is 10.7. The Kier molecular flexibility index (Phi) is 13.1. The van der Waals surface area contributed by atoms with Gasteiger partial charge in [-0.3, -0.25) is 9.59 Å². The number of carboxylic acids is 1. The topological polar surface area (TPSA) is 66.4 Å². The Balaban J connectivity index is 1.98. The highest BCUT2D eigenvalue weighted by Gasteiger charge is 2.10. The van der Waals surface area contributed by atoms with Crippen LogP contribution < -0.4 is 5.32 Å². The monoisotopic (exact) mass is 375 g/mol. The van der Waals surface area contributed by atoms with Gasteiger partial charge in [-0.25, -0.2) is 0 Å². The molecule has 2 N–H and O–H groups in total. The number of Topliss-reactive ketones (excluding diaryl/α,β-unsaturated/α-hetero) is 1. The van der Waals surface area contributed by atoms with Gasteiger partial charge in [0.2, 0.25) is 0 Å². The Morgan fingerprint density at radius 3 is 1.74 bits per heavy atom. The van der Waals surface area contributed by atoms with E-state index >= 15 is 0 Å². The van der Waals surface area contributed by atoms with Gasteiger partial charge in [0.05, 0.1) is 0 Å². The van der Waals surface area contributed by atoms with Gasteiger partial charge < -0.3 is 10.4 Å². The van der Waals surface area contributed by atoms with Crippen molar-refractivity contribution in [3.8, 4) is 0 Å². The minimum atomic E-state index is -1.09. The molecule has 0 heterocycles. The molecule has 0 aliphatic heterocycles. The second-order valence-corrected chi connectivity index (χ2v) is 7.39. The zero-order chi connectivity index (χ0) is 19.7. The van der Waals surface area contributed by atoms with Gasteiger partial charge in [-0.15, -0.1) is 0 Å². The van der Waals surface area contributed by atoms with Gasteiger partial charge in [0.15, 0.2) is 5.78 Å². The Labute approximate surface area is 164 Å². The first kappa shape index (κ1) is 23.2. The molecule has 4 heteroatoms. The second-order valence-electron chi connectivity index (χ2n) is 7.39. The molecule has 4 nitrogen and oxygen atoms in total. The highest BCUT2D eigenvalue weighted by atomic mass is 16.4. The zero-order valence-corrected chi connectivity index (χ0v) is 17.0. The summed E-state index contributed by atoms with van der Waals surface area (Å²) in [6.07, 6.45) is 15.7. The largest absolute Gasteiger partial charge is 0.481 e. The molecule has 0 aliphatic carbocycles. The van der Waals surface area contributed by atoms with Crippen molar-refractivity contribution in [1.29, 1.82) is 0 Å². The minimum Gasteiger partial charge on any atom is -0.481 e. The lowest BCUT2D eigenvalue weighted by atomic mass is 10.1. The highest BCUT2D eigenvalue weighted by Crippen LogP contribution is 2.13. The Bertz CT molecular complexity index is 525. The van der Waals surface area contributed by atoms with Gasteiger partial charge in [-0.1, -0.05) is 77.6 Å². The van der Waals surface area contributed by atoms with Gasteiger partial charge in [-0.2, -0.15) is 0 Å². The first-order chi connectivity index (χ1) is 13.1. The number of unbranched alkanes of at least 4 members (excludes halogenated alkanes) is 11. The second kappa shape index (κ2) is 15.2. The van der Waals surface area contributed by atoms with E-state index in [1.54, 1.807) is 12.1 Å². The van der Waals surface area contributed by atoms with Crippen molar-refractivity contribution < 1.29 is 14.7 Å². The molecule has 1 aromatic carbocycles. The lowest BCUT2D eigenvalue weighted by Crippen LogP contribution is -2.07. The number of carboxylic acid groups (broad SMARTS) is 1. The summed E-state index contributed by atoms with van der Waals surface area (Å²) in [5.41, 5.74) is 1.43. The Morgan fingerprint density at radius 1 is 0.778 bits per heavy atom. The quantitative estimate of drug-likeness (QED) is 0.186. The molecule has 0 saturated heterocycles. The number of anilines is 1. The third kappa shape index (κ3) is 12.2. The molecule has 0 fully saturated rings. The number of hydrogen-bond acceptors (Lipinski definition) is 3. The van der Waals surface area contributed by atoms with Gasteiger partial charge >= 0.3 is 5.97 Å². The van der Waals surface area contributed by atoms with Crippen LogP contribution in [0, 0.1) is 0 Å². The van der Waals surface area contributed by atoms with Crippen LogP contribution >= 0.6 is 0 Å². The Hall–Kier alpha value is -1.84. The highest BCUT2D eigenvalue weighted by molar-refractivity contribution is 6.05. The molecule has 0 aromatic heterocycles. The van der Waals surface area contributed by atoms with Gasteiger partial charge in [0.1, 0.15) is 6.42 Å². The molecule has 0 bridgehead atoms. The molecular formula is C23H37NO3. The number of nitrogens with one attached hydrogen (secondary N) is 1. The van der Waals surface area contributed by atoms with Crippen LogP contribution in [0.1, 0.15) is 101 Å². The van der Waals surface area contributed by atoms with Crippen LogP contribution in [0.5, 0.6) is 0 Å². The van der Waals surface area contributed by atoms with Gasteiger partial charge in [0.25, 0.3) is 0 Å². The summed E-state index contributed by atoms with van der Waals surface area (Å²) in [4.78, 5) is 22.2. The molecule has 1 aromatic rings. The number of rotatable bonds is 17. The molecule has 0 spiro atoms. The summed E-state index contributed by atoms with van der Waals surface area (Å²) in [6.45, 7) is 3.19. The van der Waals surface area contributed by atoms with Crippen LogP contribution in [-0.4, -0.2) is 23.4 Å². The van der Waals surface area contributed by atoms with Crippen LogP contribution in [0.25, 0.3) is 0 Å². The van der Waals surface area contributed by atoms with Crippen molar-refractivity contribution in [3.63, 3.8) is 0 Å². The normalized spacial score (nSPS) is 10.7. The summed E-state index contributed by atoms with van der Waals surface area (Å²) in [5.74, 6) is -1.44. The van der Waals surface area contributed by atoms with Crippen molar-refractivity contribution in [2.75, 3.05) is 11.9 Å². The molecule has 0 atom stereocenters. The maximum atomic E-state index is 11.7. The molecule has 0 saturated carbocycles. The molecule has 27 heavy (non-hydrogen) atoms. The van der Waals surface area contributed by atoms with Crippen molar-refractivity contribution in [2.24, 2.45) is 0 Å². The number of benzene rings is 1. The number of aliphatic carboxylic acids is 1. The fourth-order valence-corrected chi connectivity index (χ4v) is 3.21. The summed E-state index contributed by atoms with van der Waals surface area (Å²) in [5, 5.41) is 12.0. The third-order valence-electron chi connectivity index (χ3n) is 4.88. The average Bonchev–Trinajstić information content (AvgIpc) is 2.65. The number of hydrogen-bond donors (Lipinski definition) is 2. The van der Waals surface area contributed by atoms with Crippen molar-refractivity contribution >= 4 is 17.4 Å². The lowest BCUT2D eigenvalue weighted by molar-refractivity contribution is -0.135. The fraction of sp³-hybridized carbons (Fsp3) is 0.652.